The molecule has 1 aromatic carbocycles. The Labute approximate surface area is 166 Å². The van der Waals surface area contributed by atoms with Crippen molar-refractivity contribution in [2.45, 2.75) is 37.2 Å². The van der Waals surface area contributed by atoms with Crippen LogP contribution in [0.4, 0.5) is 13.2 Å². The van der Waals surface area contributed by atoms with Gasteiger partial charge >= 0.3 is 6.18 Å². The number of amides is 2. The molecule has 3 rings (SSSR count). The van der Waals surface area contributed by atoms with Crippen molar-refractivity contribution >= 4 is 11.8 Å². The summed E-state index contributed by atoms with van der Waals surface area (Å²) in [7, 11) is 0. The number of rotatable bonds is 5. The van der Waals surface area contributed by atoms with Crippen LogP contribution >= 0.6 is 0 Å². The Morgan fingerprint density at radius 2 is 2.00 bits per heavy atom. The molecule has 0 aliphatic carbocycles. The minimum atomic E-state index is -4.55. The lowest BCUT2D eigenvalue weighted by Crippen LogP contribution is -2.52. The molecule has 2 aliphatic heterocycles. The first-order chi connectivity index (χ1) is 13.7. The van der Waals surface area contributed by atoms with Gasteiger partial charge in [-0.1, -0.05) is 6.07 Å². The Balaban J connectivity index is 1.46. The zero-order chi connectivity index (χ0) is 21.1. The molecule has 0 saturated carbocycles. The first-order valence-corrected chi connectivity index (χ1v) is 9.47. The van der Waals surface area contributed by atoms with Gasteiger partial charge in [-0.05, 0) is 24.6 Å². The van der Waals surface area contributed by atoms with Gasteiger partial charge < -0.3 is 20.5 Å². The molecular formula is C19H24F3N3O4. The minimum absolute atomic E-state index is 0.165. The monoisotopic (exact) mass is 415 g/mol. The zero-order valence-corrected chi connectivity index (χ0v) is 15.8. The van der Waals surface area contributed by atoms with Crippen molar-refractivity contribution in [3.05, 3.63) is 35.4 Å². The van der Waals surface area contributed by atoms with E-state index in [-0.39, 0.29) is 18.2 Å². The van der Waals surface area contributed by atoms with E-state index in [4.69, 9.17) is 4.74 Å². The Hall–Kier alpha value is -2.17. The molecule has 0 radical (unpaired) electrons. The van der Waals surface area contributed by atoms with Gasteiger partial charge in [-0.2, -0.15) is 13.2 Å². The number of ether oxygens (including phenoxy) is 1. The highest BCUT2D eigenvalue weighted by Crippen LogP contribution is 2.30. The molecule has 10 heteroatoms. The fourth-order valence-electron chi connectivity index (χ4n) is 3.65. The molecule has 0 spiro atoms. The molecule has 1 unspecified atom stereocenters. The average Bonchev–Trinajstić information content (AvgIpc) is 3.15. The van der Waals surface area contributed by atoms with E-state index in [0.29, 0.717) is 45.6 Å². The van der Waals surface area contributed by atoms with E-state index in [1.807, 2.05) is 4.90 Å². The van der Waals surface area contributed by atoms with Crippen LogP contribution in [0.25, 0.3) is 0 Å². The number of hydrogen-bond donors (Lipinski definition) is 3. The van der Waals surface area contributed by atoms with Crippen molar-refractivity contribution in [1.82, 2.24) is 15.5 Å². The maximum atomic E-state index is 12.7. The molecular weight excluding hydrogens is 391 g/mol. The summed E-state index contributed by atoms with van der Waals surface area (Å²) < 4.78 is 43.5. The van der Waals surface area contributed by atoms with Gasteiger partial charge in [-0.15, -0.1) is 0 Å². The van der Waals surface area contributed by atoms with Gasteiger partial charge in [-0.25, -0.2) is 0 Å². The maximum absolute atomic E-state index is 12.7. The van der Waals surface area contributed by atoms with E-state index in [9.17, 15) is 27.9 Å². The van der Waals surface area contributed by atoms with Gasteiger partial charge in [-0.3, -0.25) is 14.5 Å². The highest BCUT2D eigenvalue weighted by Gasteiger charge is 2.40. The minimum Gasteiger partial charge on any atom is -0.381 e. The summed E-state index contributed by atoms with van der Waals surface area (Å²) >= 11 is 0. The third-order valence-electron chi connectivity index (χ3n) is 5.30. The molecule has 3 N–H and O–H groups in total. The van der Waals surface area contributed by atoms with Crippen molar-refractivity contribution in [2.75, 3.05) is 32.8 Å². The summed E-state index contributed by atoms with van der Waals surface area (Å²) in [6.45, 7) is 1.77. The normalized spacial score (nSPS) is 22.3. The molecule has 2 saturated heterocycles. The summed E-state index contributed by atoms with van der Waals surface area (Å²) in [5.74, 6) is -1.19. The third-order valence-corrected chi connectivity index (χ3v) is 5.30. The molecule has 2 amide bonds. The molecule has 0 bridgehead atoms. The zero-order valence-electron chi connectivity index (χ0n) is 15.8. The van der Waals surface area contributed by atoms with Crippen molar-refractivity contribution in [1.29, 1.82) is 0 Å². The lowest BCUT2D eigenvalue weighted by molar-refractivity contribution is -0.156. The second kappa shape index (κ2) is 8.68. The summed E-state index contributed by atoms with van der Waals surface area (Å²) in [5.41, 5.74) is -2.01. The Bertz CT molecular complexity index is 750. The topological polar surface area (TPSA) is 90.9 Å². The van der Waals surface area contributed by atoms with E-state index in [1.165, 1.54) is 6.07 Å². The van der Waals surface area contributed by atoms with Crippen LogP contribution in [0.2, 0.25) is 0 Å². The molecule has 7 nitrogen and oxygen atoms in total. The number of nitrogens with zero attached hydrogens (tertiary/aromatic N) is 1. The first-order valence-electron chi connectivity index (χ1n) is 9.47. The quantitative estimate of drug-likeness (QED) is 0.671. The van der Waals surface area contributed by atoms with Gasteiger partial charge in [0.25, 0.3) is 5.91 Å². The van der Waals surface area contributed by atoms with Crippen LogP contribution in [0.15, 0.2) is 24.3 Å². The predicted octanol–water partition coefficient (Wildman–Crippen LogP) is 1.12. The number of benzene rings is 1. The van der Waals surface area contributed by atoms with Gasteiger partial charge in [0.2, 0.25) is 5.91 Å². The van der Waals surface area contributed by atoms with Crippen molar-refractivity contribution < 1.29 is 32.6 Å². The maximum Gasteiger partial charge on any atom is 0.416 e. The molecule has 1 atom stereocenters. The van der Waals surface area contributed by atoms with Crippen LogP contribution in [0.5, 0.6) is 0 Å². The van der Waals surface area contributed by atoms with Crippen LogP contribution in [0, 0.1) is 0 Å². The highest BCUT2D eigenvalue weighted by molar-refractivity contribution is 5.96. The van der Waals surface area contributed by atoms with E-state index < -0.39 is 29.3 Å². The standard InChI is InChI=1S/C19H24F3N3O4/c20-19(21,22)14-3-1-2-13(10-14)17(27)23-11-16(26)24-15-4-7-25(12-15)18(28)5-8-29-9-6-18/h1-3,10,15,28H,4-9,11-12H2,(H,23,27)(H,24,26). The lowest BCUT2D eigenvalue weighted by atomic mass is 10.0. The largest absolute Gasteiger partial charge is 0.416 e. The predicted molar refractivity (Wildman–Crippen MR) is 96.9 cm³/mol. The molecule has 29 heavy (non-hydrogen) atoms. The number of carbonyl (C=O) groups excluding carboxylic acids is 2. The van der Waals surface area contributed by atoms with Crippen LogP contribution in [0.1, 0.15) is 35.2 Å². The number of nitrogens with one attached hydrogen (secondary N) is 2. The van der Waals surface area contributed by atoms with Crippen molar-refractivity contribution in [3.63, 3.8) is 0 Å². The van der Waals surface area contributed by atoms with Crippen LogP contribution < -0.4 is 10.6 Å². The SMILES string of the molecule is O=C(CNC(=O)c1cccc(C(F)(F)F)c1)NC1CCN(C2(O)CCOCC2)C1. The molecule has 2 aliphatic rings. The van der Waals surface area contributed by atoms with E-state index >= 15 is 0 Å². The second-order valence-electron chi connectivity index (χ2n) is 7.36. The first kappa shape index (κ1) is 21.5. The summed E-state index contributed by atoms with van der Waals surface area (Å²) in [6.07, 6.45) is -2.85. The number of likely N-dealkylation sites (tertiary alicyclic amines) is 1. The van der Waals surface area contributed by atoms with E-state index in [2.05, 4.69) is 10.6 Å². The fraction of sp³-hybridized carbons (Fsp3) is 0.579. The van der Waals surface area contributed by atoms with E-state index in [0.717, 1.165) is 18.2 Å². The summed E-state index contributed by atoms with van der Waals surface area (Å²) in [4.78, 5) is 26.1. The molecule has 1 aromatic rings. The van der Waals surface area contributed by atoms with Gasteiger partial charge in [0, 0.05) is 37.5 Å². The summed E-state index contributed by atoms with van der Waals surface area (Å²) in [5, 5.41) is 15.8. The Morgan fingerprint density at radius 1 is 1.28 bits per heavy atom. The van der Waals surface area contributed by atoms with Gasteiger partial charge in [0.1, 0.15) is 5.72 Å². The second-order valence-corrected chi connectivity index (χ2v) is 7.36. The van der Waals surface area contributed by atoms with Gasteiger partial charge in [0.15, 0.2) is 0 Å². The van der Waals surface area contributed by atoms with Crippen molar-refractivity contribution in [2.24, 2.45) is 0 Å². The van der Waals surface area contributed by atoms with Crippen LogP contribution in [0.3, 0.4) is 0 Å². The number of alkyl halides is 3. The smallest absolute Gasteiger partial charge is 0.381 e. The average molecular weight is 415 g/mol. The van der Waals surface area contributed by atoms with Crippen LogP contribution in [-0.2, 0) is 15.7 Å². The summed E-state index contributed by atoms with van der Waals surface area (Å²) in [6, 6.07) is 3.86. The van der Waals surface area contributed by atoms with E-state index in [1.54, 1.807) is 0 Å². The Morgan fingerprint density at radius 3 is 2.69 bits per heavy atom. The molecule has 160 valence electrons. The highest BCUT2D eigenvalue weighted by atomic mass is 19.4. The third kappa shape index (κ3) is 5.46. The van der Waals surface area contributed by atoms with Crippen molar-refractivity contribution in [3.8, 4) is 0 Å². The Kier molecular flexibility index (Phi) is 6.45. The number of aliphatic hydroxyl groups is 1. The molecule has 2 fully saturated rings. The number of hydrogen-bond acceptors (Lipinski definition) is 5. The molecule has 0 aromatic heterocycles. The molecule has 2 heterocycles. The van der Waals surface area contributed by atoms with Gasteiger partial charge in [0.05, 0.1) is 25.3 Å². The fourth-order valence-corrected chi connectivity index (χ4v) is 3.65. The number of carbonyl (C=O) groups is 2. The lowest BCUT2D eigenvalue weighted by Gasteiger charge is -2.40. The van der Waals surface area contributed by atoms with Crippen LogP contribution in [-0.4, -0.2) is 66.4 Å². The number of halogens is 3.